The van der Waals surface area contributed by atoms with Crippen LogP contribution in [0.5, 0.6) is 0 Å². The zero-order valence-corrected chi connectivity index (χ0v) is 10.4. The normalized spacial score (nSPS) is 10.4. The molecular weight excluding hydrogens is 289 g/mol. The molecule has 0 aliphatic heterocycles. The Hall–Kier alpha value is -0.250. The molecule has 0 aliphatic rings. The van der Waals surface area contributed by atoms with Gasteiger partial charge in [0.05, 0.1) is 0 Å². The summed E-state index contributed by atoms with van der Waals surface area (Å²) in [7, 11) is 0. The number of rotatable bonds is 2. The minimum atomic E-state index is -1.04. The van der Waals surface area contributed by atoms with Gasteiger partial charge in [-0.1, -0.05) is 39.1 Å². The van der Waals surface area contributed by atoms with E-state index in [1.54, 1.807) is 6.07 Å². The van der Waals surface area contributed by atoms with Crippen LogP contribution < -0.4 is 5.32 Å². The molecule has 0 saturated carbocycles. The predicted octanol–water partition coefficient (Wildman–Crippen LogP) is 3.50. The van der Waals surface area contributed by atoms with Gasteiger partial charge in [0.2, 0.25) is 0 Å². The largest absolute Gasteiger partial charge is 0.323 e. The number of carbonyl (C=O) groups excluding carboxylic acids is 1. The van der Waals surface area contributed by atoms with Crippen LogP contribution >= 0.6 is 39.1 Å². The molecule has 0 bridgehead atoms. The smallest absolute Gasteiger partial charge is 0.257 e. The first-order chi connectivity index (χ1) is 6.50. The number of amides is 1. The first kappa shape index (κ1) is 11.8. The molecule has 0 unspecified atom stereocenters. The molecule has 0 heterocycles. The van der Waals surface area contributed by atoms with Crippen LogP contribution in [0.4, 0.5) is 5.69 Å². The van der Waals surface area contributed by atoms with Crippen molar-refractivity contribution in [2.75, 3.05) is 5.32 Å². The van der Waals surface area contributed by atoms with Gasteiger partial charge in [-0.2, -0.15) is 0 Å². The van der Waals surface area contributed by atoms with E-state index in [-0.39, 0.29) is 0 Å². The molecule has 0 atom stereocenters. The Kier molecular flexibility index (Phi) is 4.23. The van der Waals surface area contributed by atoms with Crippen LogP contribution in [-0.2, 0) is 4.79 Å². The Morgan fingerprint density at radius 2 is 2.14 bits per heavy atom. The molecule has 1 rings (SSSR count). The Labute approximate surface area is 101 Å². The van der Waals surface area contributed by atoms with E-state index >= 15 is 0 Å². The molecule has 0 aromatic heterocycles. The Morgan fingerprint density at radius 1 is 1.50 bits per heavy atom. The molecule has 1 amide bonds. The van der Waals surface area contributed by atoms with Crippen molar-refractivity contribution in [2.24, 2.45) is 0 Å². The van der Waals surface area contributed by atoms with Crippen molar-refractivity contribution in [1.82, 2.24) is 0 Å². The second-order valence-corrected chi connectivity index (χ2v) is 4.76. The Balaban J connectivity index is 2.82. The van der Waals surface area contributed by atoms with Gasteiger partial charge in [-0.05, 0) is 30.7 Å². The van der Waals surface area contributed by atoms with Gasteiger partial charge in [-0.3, -0.25) is 4.79 Å². The van der Waals surface area contributed by atoms with E-state index in [9.17, 15) is 4.79 Å². The van der Waals surface area contributed by atoms with Crippen molar-refractivity contribution >= 4 is 50.7 Å². The third-order valence-corrected chi connectivity index (χ3v) is 2.53. The van der Waals surface area contributed by atoms with E-state index in [0.717, 1.165) is 10.0 Å². The van der Waals surface area contributed by atoms with Crippen LogP contribution in [0.1, 0.15) is 5.56 Å². The number of alkyl halides is 2. The molecule has 1 aromatic rings. The maximum absolute atomic E-state index is 11.2. The van der Waals surface area contributed by atoms with Gasteiger partial charge in [0, 0.05) is 10.2 Å². The standard InChI is InChI=1S/C9H8BrCl2NO/c1-5-4-6(10)2-3-7(5)13-9(14)8(11)12/h2-4,8H,1H3,(H,13,14). The fourth-order valence-electron chi connectivity index (χ4n) is 0.955. The molecular formula is C9H8BrCl2NO. The summed E-state index contributed by atoms with van der Waals surface area (Å²) in [5.41, 5.74) is 1.66. The molecule has 14 heavy (non-hydrogen) atoms. The average molecular weight is 297 g/mol. The monoisotopic (exact) mass is 295 g/mol. The molecule has 1 N–H and O–H groups in total. The predicted molar refractivity (Wildman–Crippen MR) is 63.0 cm³/mol. The Morgan fingerprint density at radius 3 is 2.64 bits per heavy atom. The summed E-state index contributed by atoms with van der Waals surface area (Å²) in [6.07, 6.45) is 0. The summed E-state index contributed by atoms with van der Waals surface area (Å²) in [6, 6.07) is 5.51. The number of benzene rings is 1. The highest BCUT2D eigenvalue weighted by Gasteiger charge is 2.12. The van der Waals surface area contributed by atoms with E-state index in [0.29, 0.717) is 5.69 Å². The molecule has 0 aliphatic carbocycles. The molecule has 2 nitrogen and oxygen atoms in total. The fraction of sp³-hybridized carbons (Fsp3) is 0.222. The van der Waals surface area contributed by atoms with Crippen LogP contribution in [0.15, 0.2) is 22.7 Å². The third-order valence-electron chi connectivity index (χ3n) is 1.64. The van der Waals surface area contributed by atoms with Crippen molar-refractivity contribution in [2.45, 2.75) is 11.8 Å². The van der Waals surface area contributed by atoms with E-state index in [2.05, 4.69) is 21.2 Å². The maximum Gasteiger partial charge on any atom is 0.257 e. The van der Waals surface area contributed by atoms with E-state index in [4.69, 9.17) is 23.2 Å². The minimum absolute atomic E-state index is 0.418. The highest BCUT2D eigenvalue weighted by Crippen LogP contribution is 2.20. The molecule has 0 saturated heterocycles. The van der Waals surface area contributed by atoms with E-state index < -0.39 is 10.7 Å². The average Bonchev–Trinajstić information content (AvgIpc) is 2.09. The van der Waals surface area contributed by atoms with Crippen LogP contribution in [0.3, 0.4) is 0 Å². The number of nitrogens with one attached hydrogen (secondary N) is 1. The first-order valence-electron chi connectivity index (χ1n) is 3.86. The molecule has 0 radical (unpaired) electrons. The summed E-state index contributed by atoms with van der Waals surface area (Å²) in [5.74, 6) is -0.418. The van der Waals surface area contributed by atoms with Crippen molar-refractivity contribution in [3.05, 3.63) is 28.2 Å². The van der Waals surface area contributed by atoms with Gasteiger partial charge in [0.25, 0.3) is 5.91 Å². The summed E-state index contributed by atoms with van der Waals surface area (Å²) >= 11 is 14.1. The lowest BCUT2D eigenvalue weighted by molar-refractivity contribution is -0.114. The second-order valence-electron chi connectivity index (χ2n) is 2.75. The summed E-state index contributed by atoms with van der Waals surface area (Å²) < 4.78 is 0.960. The van der Waals surface area contributed by atoms with Gasteiger partial charge in [-0.15, -0.1) is 0 Å². The van der Waals surface area contributed by atoms with Crippen molar-refractivity contribution < 1.29 is 4.79 Å². The summed E-state index contributed by atoms with van der Waals surface area (Å²) in [5, 5.41) is 2.61. The third kappa shape index (κ3) is 3.15. The summed E-state index contributed by atoms with van der Waals surface area (Å²) in [4.78, 5) is 10.1. The highest BCUT2D eigenvalue weighted by atomic mass is 79.9. The van der Waals surface area contributed by atoms with Crippen molar-refractivity contribution in [3.63, 3.8) is 0 Å². The van der Waals surface area contributed by atoms with E-state index in [1.165, 1.54) is 0 Å². The number of hydrogen-bond acceptors (Lipinski definition) is 1. The SMILES string of the molecule is Cc1cc(Br)ccc1NC(=O)C(Cl)Cl. The van der Waals surface area contributed by atoms with Crippen LogP contribution in [0, 0.1) is 6.92 Å². The number of carbonyl (C=O) groups is 1. The zero-order valence-electron chi connectivity index (χ0n) is 7.35. The van der Waals surface area contributed by atoms with Crippen LogP contribution in [-0.4, -0.2) is 10.7 Å². The molecule has 0 fully saturated rings. The van der Waals surface area contributed by atoms with Gasteiger partial charge in [-0.25, -0.2) is 0 Å². The summed E-state index contributed by atoms with van der Waals surface area (Å²) in [6.45, 7) is 1.89. The quantitative estimate of drug-likeness (QED) is 0.832. The Bertz CT molecular complexity index is 355. The lowest BCUT2D eigenvalue weighted by Gasteiger charge is -2.08. The topological polar surface area (TPSA) is 29.1 Å². The number of halogens is 3. The first-order valence-corrected chi connectivity index (χ1v) is 5.52. The van der Waals surface area contributed by atoms with Crippen molar-refractivity contribution in [3.8, 4) is 0 Å². The maximum atomic E-state index is 11.2. The van der Waals surface area contributed by atoms with Crippen molar-refractivity contribution in [1.29, 1.82) is 0 Å². The second kappa shape index (κ2) is 5.01. The van der Waals surface area contributed by atoms with Gasteiger partial charge < -0.3 is 5.32 Å². The number of anilines is 1. The lowest BCUT2D eigenvalue weighted by Crippen LogP contribution is -2.19. The van der Waals surface area contributed by atoms with Gasteiger partial charge >= 0.3 is 0 Å². The zero-order chi connectivity index (χ0) is 10.7. The molecule has 5 heteroatoms. The highest BCUT2D eigenvalue weighted by molar-refractivity contribution is 9.10. The number of aryl methyl sites for hydroxylation is 1. The molecule has 76 valence electrons. The van der Waals surface area contributed by atoms with Gasteiger partial charge in [0.15, 0.2) is 4.84 Å². The van der Waals surface area contributed by atoms with Crippen LogP contribution in [0.25, 0.3) is 0 Å². The molecule has 1 aromatic carbocycles. The molecule has 0 spiro atoms. The fourth-order valence-corrected chi connectivity index (χ4v) is 1.54. The van der Waals surface area contributed by atoms with Gasteiger partial charge in [0.1, 0.15) is 0 Å². The lowest BCUT2D eigenvalue weighted by atomic mass is 10.2. The minimum Gasteiger partial charge on any atom is -0.323 e. The van der Waals surface area contributed by atoms with Crippen LogP contribution in [0.2, 0.25) is 0 Å². The number of hydrogen-bond donors (Lipinski definition) is 1. The van der Waals surface area contributed by atoms with E-state index in [1.807, 2.05) is 19.1 Å².